The normalized spacial score (nSPS) is 17.8. The Kier molecular flexibility index (Phi) is 2.26. The van der Waals surface area contributed by atoms with E-state index in [-0.39, 0.29) is 10.9 Å². The van der Waals surface area contributed by atoms with Gasteiger partial charge in [-0.05, 0) is 12.8 Å². The average Bonchev–Trinajstić information content (AvgIpc) is 2.53. The van der Waals surface area contributed by atoms with Gasteiger partial charge in [0.1, 0.15) is 23.1 Å². The van der Waals surface area contributed by atoms with Gasteiger partial charge < -0.3 is 11.5 Å². The number of hydrogen-bond donors (Lipinski definition) is 2. The van der Waals surface area contributed by atoms with Crippen molar-refractivity contribution < 1.29 is 0 Å². The zero-order chi connectivity index (χ0) is 9.26. The summed E-state index contributed by atoms with van der Waals surface area (Å²) >= 11 is 0. The van der Waals surface area contributed by atoms with Crippen LogP contribution in [-0.4, -0.2) is 21.5 Å². The van der Waals surface area contributed by atoms with Crippen molar-refractivity contribution in [3.8, 4) is 0 Å². The lowest BCUT2D eigenvalue weighted by molar-refractivity contribution is 0.949. The van der Waals surface area contributed by atoms with Crippen molar-refractivity contribution in [3.63, 3.8) is 0 Å². The molecule has 0 spiro atoms. The van der Waals surface area contributed by atoms with Gasteiger partial charge in [-0.15, -0.1) is 0 Å². The maximum absolute atomic E-state index is 5.60. The zero-order valence-corrected chi connectivity index (χ0v) is 8.18. The standard InChI is InChI=1S/C8H13N4S/c9-6-5-7(10)12-8(11-6)13-3-1-2-4-13/h5H,1-4H2,(H4,9,10,11,12)/q+1. The molecule has 0 aromatic carbocycles. The summed E-state index contributed by atoms with van der Waals surface area (Å²) in [4.78, 5) is 8.43. The molecule has 1 aliphatic rings. The van der Waals surface area contributed by atoms with E-state index in [2.05, 4.69) is 9.97 Å². The topological polar surface area (TPSA) is 77.8 Å². The van der Waals surface area contributed by atoms with Crippen molar-refractivity contribution in [2.75, 3.05) is 23.0 Å². The molecule has 0 aliphatic carbocycles. The molecule has 0 atom stereocenters. The highest BCUT2D eigenvalue weighted by Crippen LogP contribution is 2.21. The molecular formula is C8H13N4S+. The lowest BCUT2D eigenvalue weighted by Gasteiger charge is -1.99. The monoisotopic (exact) mass is 197 g/mol. The molecule has 1 aromatic heterocycles. The van der Waals surface area contributed by atoms with Crippen LogP contribution in [0.2, 0.25) is 0 Å². The average molecular weight is 197 g/mol. The van der Waals surface area contributed by atoms with Crippen molar-refractivity contribution in [1.82, 2.24) is 9.97 Å². The van der Waals surface area contributed by atoms with Gasteiger partial charge in [-0.3, -0.25) is 0 Å². The summed E-state index contributed by atoms with van der Waals surface area (Å²) in [7, 11) is 0.207. The third kappa shape index (κ3) is 1.85. The quantitative estimate of drug-likeness (QED) is 0.505. The summed E-state index contributed by atoms with van der Waals surface area (Å²) in [6.07, 6.45) is 2.56. The molecule has 13 heavy (non-hydrogen) atoms. The Morgan fingerprint density at radius 3 is 2.15 bits per heavy atom. The van der Waals surface area contributed by atoms with Crippen LogP contribution in [0.4, 0.5) is 11.6 Å². The predicted octanol–water partition coefficient (Wildman–Crippen LogP) is 0.412. The predicted molar refractivity (Wildman–Crippen MR) is 55.5 cm³/mol. The van der Waals surface area contributed by atoms with E-state index < -0.39 is 0 Å². The van der Waals surface area contributed by atoms with Crippen LogP contribution in [0.15, 0.2) is 11.2 Å². The van der Waals surface area contributed by atoms with Crippen LogP contribution in [0.3, 0.4) is 0 Å². The van der Waals surface area contributed by atoms with E-state index in [0.29, 0.717) is 11.6 Å². The van der Waals surface area contributed by atoms with Gasteiger partial charge in [0, 0.05) is 6.07 Å². The molecule has 0 radical (unpaired) electrons. The Labute approximate surface area is 80.1 Å². The van der Waals surface area contributed by atoms with Crippen LogP contribution in [0, 0.1) is 0 Å². The Morgan fingerprint density at radius 2 is 1.62 bits per heavy atom. The number of rotatable bonds is 1. The molecule has 2 rings (SSSR count). The van der Waals surface area contributed by atoms with E-state index in [0.717, 1.165) is 5.16 Å². The van der Waals surface area contributed by atoms with Crippen LogP contribution in [-0.2, 0) is 10.9 Å². The fourth-order valence-electron chi connectivity index (χ4n) is 1.43. The van der Waals surface area contributed by atoms with Crippen molar-refractivity contribution >= 4 is 22.5 Å². The van der Waals surface area contributed by atoms with Crippen LogP contribution >= 0.6 is 0 Å². The largest absolute Gasteiger partial charge is 0.383 e. The Morgan fingerprint density at radius 1 is 1.08 bits per heavy atom. The summed E-state index contributed by atoms with van der Waals surface area (Å²) < 4.78 is 0. The molecule has 4 nitrogen and oxygen atoms in total. The van der Waals surface area contributed by atoms with E-state index in [1.54, 1.807) is 6.07 Å². The van der Waals surface area contributed by atoms with Crippen molar-refractivity contribution in [2.45, 2.75) is 18.0 Å². The first kappa shape index (κ1) is 8.62. The third-order valence-electron chi connectivity index (χ3n) is 2.03. The number of nitrogen functional groups attached to an aromatic ring is 2. The second-order valence-electron chi connectivity index (χ2n) is 3.11. The van der Waals surface area contributed by atoms with E-state index in [4.69, 9.17) is 11.5 Å². The number of hydrogen-bond acceptors (Lipinski definition) is 4. The molecule has 0 bridgehead atoms. The number of nitrogens with two attached hydrogens (primary N) is 2. The van der Waals surface area contributed by atoms with Gasteiger partial charge in [-0.2, -0.15) is 9.97 Å². The third-order valence-corrected chi connectivity index (χ3v) is 4.30. The zero-order valence-electron chi connectivity index (χ0n) is 7.36. The van der Waals surface area contributed by atoms with Gasteiger partial charge in [0.25, 0.3) is 0 Å². The molecule has 0 amide bonds. The SMILES string of the molecule is Nc1cc(N)nc([S+]2CCCC2)n1. The van der Waals surface area contributed by atoms with Crippen LogP contribution in [0.1, 0.15) is 12.8 Å². The molecule has 1 saturated heterocycles. The smallest absolute Gasteiger partial charge is 0.348 e. The van der Waals surface area contributed by atoms with E-state index in [1.807, 2.05) is 0 Å². The summed E-state index contributed by atoms with van der Waals surface area (Å²) in [5, 5.41) is 0.856. The molecule has 0 saturated carbocycles. The van der Waals surface area contributed by atoms with Gasteiger partial charge in [0.05, 0.1) is 10.9 Å². The number of aromatic nitrogens is 2. The molecule has 0 unspecified atom stereocenters. The lowest BCUT2D eigenvalue weighted by atomic mass is 10.4. The highest BCUT2D eigenvalue weighted by molar-refractivity contribution is 7.96. The summed E-state index contributed by atoms with van der Waals surface area (Å²) in [6, 6.07) is 1.60. The Bertz CT molecular complexity index is 289. The van der Waals surface area contributed by atoms with Crippen molar-refractivity contribution in [2.24, 2.45) is 0 Å². The minimum absolute atomic E-state index is 0.207. The maximum Gasteiger partial charge on any atom is 0.348 e. The maximum atomic E-state index is 5.60. The first-order valence-corrected chi connectivity index (χ1v) is 5.89. The Hall–Kier alpha value is -0.970. The Balaban J connectivity index is 2.28. The highest BCUT2D eigenvalue weighted by Gasteiger charge is 2.30. The molecule has 70 valence electrons. The van der Waals surface area contributed by atoms with Gasteiger partial charge >= 0.3 is 5.16 Å². The molecule has 1 aliphatic heterocycles. The molecule has 2 heterocycles. The minimum atomic E-state index is 0.207. The summed E-state index contributed by atoms with van der Waals surface area (Å²) in [5.41, 5.74) is 11.2. The van der Waals surface area contributed by atoms with Crippen LogP contribution in [0.5, 0.6) is 0 Å². The van der Waals surface area contributed by atoms with Gasteiger partial charge in [-0.1, -0.05) is 0 Å². The summed E-state index contributed by atoms with van der Waals surface area (Å²) in [5.74, 6) is 3.37. The second-order valence-corrected chi connectivity index (χ2v) is 5.28. The molecule has 5 heteroatoms. The van der Waals surface area contributed by atoms with Crippen LogP contribution < -0.4 is 11.5 Å². The van der Waals surface area contributed by atoms with Crippen molar-refractivity contribution in [3.05, 3.63) is 6.07 Å². The lowest BCUT2D eigenvalue weighted by Crippen LogP contribution is -2.11. The number of nitrogens with zero attached hydrogens (tertiary/aromatic N) is 2. The molecule has 4 N–H and O–H groups in total. The first-order valence-electron chi connectivity index (χ1n) is 4.33. The van der Waals surface area contributed by atoms with Crippen LogP contribution in [0.25, 0.3) is 0 Å². The second kappa shape index (κ2) is 3.41. The van der Waals surface area contributed by atoms with Gasteiger partial charge in [0.2, 0.25) is 0 Å². The van der Waals surface area contributed by atoms with E-state index in [1.165, 1.54) is 24.3 Å². The van der Waals surface area contributed by atoms with Gasteiger partial charge in [-0.25, -0.2) is 0 Å². The molecular weight excluding hydrogens is 184 g/mol. The summed E-state index contributed by atoms with van der Waals surface area (Å²) in [6.45, 7) is 0. The first-order chi connectivity index (χ1) is 6.25. The fourth-order valence-corrected chi connectivity index (χ4v) is 3.57. The molecule has 1 aromatic rings. The van der Waals surface area contributed by atoms with Crippen molar-refractivity contribution in [1.29, 1.82) is 0 Å². The molecule has 1 fully saturated rings. The van der Waals surface area contributed by atoms with E-state index >= 15 is 0 Å². The minimum Gasteiger partial charge on any atom is -0.383 e. The number of anilines is 2. The van der Waals surface area contributed by atoms with Gasteiger partial charge in [0.15, 0.2) is 0 Å². The highest BCUT2D eigenvalue weighted by atomic mass is 32.2. The fraction of sp³-hybridized carbons (Fsp3) is 0.500. The van der Waals surface area contributed by atoms with E-state index in [9.17, 15) is 0 Å².